The summed E-state index contributed by atoms with van der Waals surface area (Å²) in [4.78, 5) is 6.46. The van der Waals surface area contributed by atoms with Crippen molar-refractivity contribution in [1.82, 2.24) is 9.88 Å². The average molecular weight is 302 g/mol. The maximum atomic E-state index is 9.40. The molecule has 1 aliphatic heterocycles. The number of pyridine rings is 1. The van der Waals surface area contributed by atoms with Crippen LogP contribution in [0, 0.1) is 23.2 Å². The molecule has 1 aromatic heterocycles. The lowest BCUT2D eigenvalue weighted by atomic mass is 9.98. The topological polar surface area (TPSA) is 92.4 Å². The lowest BCUT2D eigenvalue weighted by Gasteiger charge is -2.24. The Bertz CT molecular complexity index is 534. The quantitative estimate of drug-likeness (QED) is 0.706. The van der Waals surface area contributed by atoms with E-state index >= 15 is 0 Å². The van der Waals surface area contributed by atoms with Gasteiger partial charge >= 0.3 is 0 Å². The molecule has 3 rings (SSSR count). The minimum absolute atomic E-state index is 0.0181. The van der Waals surface area contributed by atoms with Crippen LogP contribution >= 0.6 is 0 Å². The summed E-state index contributed by atoms with van der Waals surface area (Å²) in [5.74, 6) is 2.04. The molecule has 1 aliphatic carbocycles. The molecule has 0 unspecified atom stereocenters. The predicted molar refractivity (Wildman–Crippen MR) is 82.1 cm³/mol. The van der Waals surface area contributed by atoms with E-state index in [1.54, 1.807) is 12.3 Å². The van der Waals surface area contributed by atoms with Crippen LogP contribution in [0.2, 0.25) is 0 Å². The highest BCUT2D eigenvalue weighted by Gasteiger charge is 2.43. The van der Waals surface area contributed by atoms with E-state index in [0.29, 0.717) is 11.5 Å². The first-order chi connectivity index (χ1) is 10.7. The lowest BCUT2D eigenvalue weighted by molar-refractivity contribution is 0.0871. The van der Waals surface area contributed by atoms with E-state index in [9.17, 15) is 10.2 Å². The zero-order valence-electron chi connectivity index (χ0n) is 12.5. The molecule has 3 N–H and O–H groups in total. The molecule has 22 heavy (non-hydrogen) atoms. The van der Waals surface area contributed by atoms with Gasteiger partial charge in [-0.2, -0.15) is 5.26 Å². The van der Waals surface area contributed by atoms with Crippen LogP contribution in [0.5, 0.6) is 0 Å². The standard InChI is InChI=1S/C16H22N4O2/c17-5-11-1-4-16(18-6-11)19-15-8-20(13(9-21)10-22)7-14(15)12-2-3-12/h1,4,6,12-15,21-22H,2-3,7-10H2,(H,18,19)/t14-,15+/m1/s1. The third-order valence-corrected chi connectivity index (χ3v) is 4.78. The lowest BCUT2D eigenvalue weighted by Crippen LogP contribution is -2.40. The molecule has 2 atom stereocenters. The number of hydrogen-bond acceptors (Lipinski definition) is 6. The van der Waals surface area contributed by atoms with Crippen molar-refractivity contribution >= 4 is 5.82 Å². The van der Waals surface area contributed by atoms with Crippen molar-refractivity contribution in [3.63, 3.8) is 0 Å². The van der Waals surface area contributed by atoms with Gasteiger partial charge in [0, 0.05) is 25.3 Å². The van der Waals surface area contributed by atoms with E-state index in [1.165, 1.54) is 12.8 Å². The van der Waals surface area contributed by atoms with Crippen molar-refractivity contribution in [2.45, 2.75) is 24.9 Å². The normalized spacial score (nSPS) is 25.4. The molecular formula is C16H22N4O2. The Morgan fingerprint density at radius 2 is 2.09 bits per heavy atom. The molecule has 0 spiro atoms. The highest BCUT2D eigenvalue weighted by molar-refractivity contribution is 5.40. The summed E-state index contributed by atoms with van der Waals surface area (Å²) in [6.45, 7) is 1.67. The molecule has 0 radical (unpaired) electrons. The number of hydrogen-bond donors (Lipinski definition) is 3. The molecular weight excluding hydrogens is 280 g/mol. The van der Waals surface area contributed by atoms with Gasteiger partial charge in [0.05, 0.1) is 24.8 Å². The van der Waals surface area contributed by atoms with Crippen molar-refractivity contribution in [2.75, 3.05) is 31.6 Å². The summed E-state index contributed by atoms with van der Waals surface area (Å²) in [5.41, 5.74) is 0.554. The molecule has 1 aromatic rings. The van der Waals surface area contributed by atoms with Crippen molar-refractivity contribution in [1.29, 1.82) is 5.26 Å². The second-order valence-corrected chi connectivity index (χ2v) is 6.27. The SMILES string of the molecule is N#Cc1ccc(N[C@H]2CN(C(CO)CO)C[C@@H]2C2CC2)nc1. The van der Waals surface area contributed by atoms with Gasteiger partial charge in [0.25, 0.3) is 0 Å². The van der Waals surface area contributed by atoms with Crippen molar-refractivity contribution in [2.24, 2.45) is 11.8 Å². The molecule has 1 saturated heterocycles. The Labute approximate surface area is 130 Å². The minimum Gasteiger partial charge on any atom is -0.395 e. The summed E-state index contributed by atoms with van der Waals surface area (Å²) in [6.07, 6.45) is 4.10. The number of likely N-dealkylation sites (tertiary alicyclic amines) is 1. The summed E-state index contributed by atoms with van der Waals surface area (Å²) < 4.78 is 0. The predicted octanol–water partition coefficient (Wildman–Crippen LogP) is 0.429. The van der Waals surface area contributed by atoms with Gasteiger partial charge in [0.2, 0.25) is 0 Å². The maximum Gasteiger partial charge on any atom is 0.126 e. The largest absolute Gasteiger partial charge is 0.395 e. The molecule has 0 bridgehead atoms. The Hall–Kier alpha value is -1.68. The van der Waals surface area contributed by atoms with Gasteiger partial charge in [0.15, 0.2) is 0 Å². The van der Waals surface area contributed by atoms with Gasteiger partial charge in [-0.1, -0.05) is 0 Å². The van der Waals surface area contributed by atoms with Crippen LogP contribution in [0.4, 0.5) is 5.82 Å². The van der Waals surface area contributed by atoms with E-state index in [1.807, 2.05) is 6.07 Å². The van der Waals surface area contributed by atoms with Crippen molar-refractivity contribution < 1.29 is 10.2 Å². The zero-order chi connectivity index (χ0) is 15.5. The fourth-order valence-corrected chi connectivity index (χ4v) is 3.34. The third kappa shape index (κ3) is 3.22. The first-order valence-corrected chi connectivity index (χ1v) is 7.83. The number of aromatic nitrogens is 1. The molecule has 0 aromatic carbocycles. The number of rotatable bonds is 6. The monoisotopic (exact) mass is 302 g/mol. The van der Waals surface area contributed by atoms with Crippen LogP contribution in [-0.4, -0.2) is 58.5 Å². The molecule has 2 heterocycles. The van der Waals surface area contributed by atoms with Gasteiger partial charge < -0.3 is 15.5 Å². The Morgan fingerprint density at radius 3 is 2.64 bits per heavy atom. The van der Waals surface area contributed by atoms with E-state index in [0.717, 1.165) is 24.8 Å². The number of anilines is 1. The van der Waals surface area contributed by atoms with Gasteiger partial charge in [-0.25, -0.2) is 4.98 Å². The van der Waals surface area contributed by atoms with Crippen LogP contribution in [0.1, 0.15) is 18.4 Å². The zero-order valence-corrected chi connectivity index (χ0v) is 12.5. The van der Waals surface area contributed by atoms with Gasteiger partial charge in [-0.05, 0) is 36.8 Å². The molecule has 6 heteroatoms. The van der Waals surface area contributed by atoms with Gasteiger partial charge in [-0.15, -0.1) is 0 Å². The van der Waals surface area contributed by atoms with Crippen molar-refractivity contribution in [3.05, 3.63) is 23.9 Å². The van der Waals surface area contributed by atoms with Crippen molar-refractivity contribution in [3.8, 4) is 6.07 Å². The summed E-state index contributed by atoms with van der Waals surface area (Å²) in [5, 5.41) is 31.1. The Balaban J connectivity index is 1.68. The van der Waals surface area contributed by atoms with E-state index in [2.05, 4.69) is 21.3 Å². The Kier molecular flexibility index (Phi) is 4.57. The highest BCUT2D eigenvalue weighted by atomic mass is 16.3. The fourth-order valence-electron chi connectivity index (χ4n) is 3.34. The smallest absolute Gasteiger partial charge is 0.126 e. The number of aliphatic hydroxyl groups is 2. The van der Waals surface area contributed by atoms with E-state index in [4.69, 9.17) is 5.26 Å². The summed E-state index contributed by atoms with van der Waals surface area (Å²) in [7, 11) is 0. The molecule has 2 fully saturated rings. The van der Waals surface area contributed by atoms with Crippen LogP contribution in [0.3, 0.4) is 0 Å². The maximum absolute atomic E-state index is 9.40. The number of aliphatic hydroxyl groups excluding tert-OH is 2. The average Bonchev–Trinajstić information content (AvgIpc) is 3.31. The Morgan fingerprint density at radius 1 is 1.32 bits per heavy atom. The molecule has 1 saturated carbocycles. The molecule has 6 nitrogen and oxygen atoms in total. The molecule has 0 amide bonds. The van der Waals surface area contributed by atoms with Crippen LogP contribution in [0.25, 0.3) is 0 Å². The first kappa shape index (κ1) is 15.2. The van der Waals surface area contributed by atoms with Gasteiger partial charge in [0.1, 0.15) is 11.9 Å². The van der Waals surface area contributed by atoms with Crippen LogP contribution < -0.4 is 5.32 Å². The highest BCUT2D eigenvalue weighted by Crippen LogP contribution is 2.42. The minimum atomic E-state index is -0.179. The summed E-state index contributed by atoms with van der Waals surface area (Å²) >= 11 is 0. The second kappa shape index (κ2) is 6.61. The first-order valence-electron chi connectivity index (χ1n) is 7.83. The van der Waals surface area contributed by atoms with Crippen LogP contribution in [0.15, 0.2) is 18.3 Å². The fraction of sp³-hybridized carbons (Fsp3) is 0.625. The van der Waals surface area contributed by atoms with E-state index in [-0.39, 0.29) is 25.3 Å². The number of nitriles is 1. The van der Waals surface area contributed by atoms with Gasteiger partial charge in [-0.3, -0.25) is 4.90 Å². The summed E-state index contributed by atoms with van der Waals surface area (Å²) in [6, 6.07) is 5.76. The number of nitrogens with one attached hydrogen (secondary N) is 1. The molecule has 118 valence electrons. The molecule has 2 aliphatic rings. The second-order valence-electron chi connectivity index (χ2n) is 6.27. The van der Waals surface area contributed by atoms with E-state index < -0.39 is 0 Å². The van der Waals surface area contributed by atoms with Crippen LogP contribution in [-0.2, 0) is 0 Å². The number of nitrogens with zero attached hydrogens (tertiary/aromatic N) is 3. The third-order valence-electron chi connectivity index (χ3n) is 4.78.